The van der Waals surface area contributed by atoms with E-state index in [0.29, 0.717) is 13.2 Å². The molecule has 1 fully saturated rings. The highest BCUT2D eigenvalue weighted by Gasteiger charge is 2.35. The quantitative estimate of drug-likeness (QED) is 0.540. The van der Waals surface area contributed by atoms with E-state index in [9.17, 15) is 18.3 Å². The highest BCUT2D eigenvalue weighted by molar-refractivity contribution is 7.90. The van der Waals surface area contributed by atoms with Crippen molar-refractivity contribution in [2.75, 3.05) is 33.1 Å². The van der Waals surface area contributed by atoms with Crippen LogP contribution in [0.3, 0.4) is 0 Å². The zero-order valence-electron chi connectivity index (χ0n) is 14.3. The van der Waals surface area contributed by atoms with E-state index in [1.54, 1.807) is 24.3 Å². The molecular formula is C16H24N2O6S. The number of nitrogens with one attached hydrogen (secondary N) is 2. The first kappa shape index (κ1) is 19.8. The Kier molecular flexibility index (Phi) is 6.91. The number of rotatable bonds is 8. The lowest BCUT2D eigenvalue weighted by Gasteiger charge is -2.19. The van der Waals surface area contributed by atoms with Crippen molar-refractivity contribution in [3.05, 3.63) is 29.8 Å². The van der Waals surface area contributed by atoms with E-state index in [4.69, 9.17) is 9.47 Å². The van der Waals surface area contributed by atoms with Crippen LogP contribution in [-0.2, 0) is 30.7 Å². The number of carbonyl (C=O) groups excluding carboxylic acids is 1. The molecule has 0 bridgehead atoms. The number of carbonyl (C=O) groups is 1. The summed E-state index contributed by atoms with van der Waals surface area (Å²) in [6.45, 7) is 0.976. The number of aliphatic hydroxyl groups is 1. The predicted molar refractivity (Wildman–Crippen MR) is 90.8 cm³/mol. The number of sulfone groups is 1. The number of amides is 1. The number of benzene rings is 1. The zero-order valence-corrected chi connectivity index (χ0v) is 15.1. The van der Waals surface area contributed by atoms with Crippen LogP contribution in [0.15, 0.2) is 29.2 Å². The van der Waals surface area contributed by atoms with Gasteiger partial charge in [0.25, 0.3) is 0 Å². The van der Waals surface area contributed by atoms with Crippen LogP contribution >= 0.6 is 0 Å². The van der Waals surface area contributed by atoms with E-state index in [-0.39, 0.29) is 30.0 Å². The Morgan fingerprint density at radius 3 is 2.64 bits per heavy atom. The molecule has 25 heavy (non-hydrogen) atoms. The van der Waals surface area contributed by atoms with Gasteiger partial charge in [-0.3, -0.25) is 4.79 Å². The number of hydrogen-bond acceptors (Lipinski definition) is 7. The van der Waals surface area contributed by atoms with E-state index < -0.39 is 22.0 Å². The molecule has 0 spiro atoms. The van der Waals surface area contributed by atoms with Crippen LogP contribution in [0.1, 0.15) is 5.56 Å². The molecule has 3 atom stereocenters. The minimum absolute atomic E-state index is 0.0338. The third kappa shape index (κ3) is 5.75. The molecule has 0 saturated carbocycles. The van der Waals surface area contributed by atoms with Crippen molar-refractivity contribution in [3.63, 3.8) is 0 Å². The second-order valence-corrected chi connectivity index (χ2v) is 8.02. The number of hydrogen-bond donors (Lipinski definition) is 3. The van der Waals surface area contributed by atoms with Crippen LogP contribution in [0.4, 0.5) is 0 Å². The largest absolute Gasteiger partial charge is 0.389 e. The molecule has 0 radical (unpaired) electrons. The SMILES string of the molecule is COCC(=O)NC[C@H]1OC[C@@H](NCc2ccc(S(C)(=O)=O)cc2)[C@@H]1O. The highest BCUT2D eigenvalue weighted by Crippen LogP contribution is 2.15. The molecule has 1 aliphatic rings. The summed E-state index contributed by atoms with van der Waals surface area (Å²) in [5, 5.41) is 16.1. The Bertz CT molecular complexity index is 676. The van der Waals surface area contributed by atoms with Gasteiger partial charge in [0.15, 0.2) is 9.84 Å². The molecule has 1 saturated heterocycles. The van der Waals surface area contributed by atoms with Crippen LogP contribution in [0.2, 0.25) is 0 Å². The molecule has 1 aromatic carbocycles. The van der Waals surface area contributed by atoms with Gasteiger partial charge in [0.2, 0.25) is 5.91 Å². The molecule has 9 heteroatoms. The topological polar surface area (TPSA) is 114 Å². The molecule has 140 valence electrons. The third-order valence-corrected chi connectivity index (χ3v) is 5.11. The number of aliphatic hydroxyl groups excluding tert-OH is 1. The summed E-state index contributed by atoms with van der Waals surface area (Å²) in [5.74, 6) is -0.263. The lowest BCUT2D eigenvalue weighted by Crippen LogP contribution is -2.45. The summed E-state index contributed by atoms with van der Waals surface area (Å²) in [6, 6.07) is 6.31. The first-order valence-electron chi connectivity index (χ1n) is 7.89. The standard InChI is InChI=1S/C16H24N2O6S/c1-23-10-15(19)18-8-14-16(20)13(9-24-14)17-7-11-3-5-12(6-4-11)25(2,21)22/h3-6,13-14,16-17,20H,7-10H2,1-2H3,(H,18,19)/t13-,14-,16+/m1/s1. The van der Waals surface area contributed by atoms with Gasteiger partial charge >= 0.3 is 0 Å². The van der Waals surface area contributed by atoms with E-state index in [1.807, 2.05) is 0 Å². The zero-order chi connectivity index (χ0) is 18.4. The lowest BCUT2D eigenvalue weighted by molar-refractivity contribution is -0.125. The molecule has 1 aliphatic heterocycles. The highest BCUT2D eigenvalue weighted by atomic mass is 32.2. The van der Waals surface area contributed by atoms with Crippen molar-refractivity contribution in [3.8, 4) is 0 Å². The van der Waals surface area contributed by atoms with Crippen LogP contribution in [-0.4, -0.2) is 70.8 Å². The average Bonchev–Trinajstić information content (AvgIpc) is 2.91. The Hall–Kier alpha value is -1.52. The molecule has 8 nitrogen and oxygen atoms in total. The van der Waals surface area contributed by atoms with Crippen molar-refractivity contribution in [2.24, 2.45) is 0 Å². The van der Waals surface area contributed by atoms with E-state index in [0.717, 1.165) is 11.8 Å². The Morgan fingerprint density at radius 2 is 2.04 bits per heavy atom. The smallest absolute Gasteiger partial charge is 0.246 e. The van der Waals surface area contributed by atoms with E-state index in [1.165, 1.54) is 7.11 Å². The second-order valence-electron chi connectivity index (χ2n) is 6.00. The fourth-order valence-corrected chi connectivity index (χ4v) is 3.17. The minimum Gasteiger partial charge on any atom is -0.389 e. The number of methoxy groups -OCH3 is 1. The summed E-state index contributed by atoms with van der Waals surface area (Å²) < 4.78 is 33.1. The summed E-state index contributed by atoms with van der Waals surface area (Å²) in [4.78, 5) is 11.6. The van der Waals surface area contributed by atoms with Gasteiger partial charge < -0.3 is 25.2 Å². The second kappa shape index (κ2) is 8.72. The van der Waals surface area contributed by atoms with Crippen molar-refractivity contribution in [1.29, 1.82) is 0 Å². The molecule has 1 amide bonds. The average molecular weight is 372 g/mol. The first-order chi connectivity index (χ1) is 11.8. The van der Waals surface area contributed by atoms with Gasteiger partial charge in [-0.25, -0.2) is 8.42 Å². The maximum atomic E-state index is 11.4. The normalized spacial score (nSPS) is 23.6. The van der Waals surface area contributed by atoms with Gasteiger partial charge in [0.1, 0.15) is 12.7 Å². The molecule has 0 aliphatic carbocycles. The van der Waals surface area contributed by atoms with Gasteiger partial charge in [-0.15, -0.1) is 0 Å². The summed E-state index contributed by atoms with van der Waals surface area (Å²) in [5.41, 5.74) is 0.899. The first-order valence-corrected chi connectivity index (χ1v) is 9.78. The fraction of sp³-hybridized carbons (Fsp3) is 0.562. The van der Waals surface area contributed by atoms with Crippen molar-refractivity contribution in [2.45, 2.75) is 29.7 Å². The van der Waals surface area contributed by atoms with E-state index in [2.05, 4.69) is 10.6 Å². The fourth-order valence-electron chi connectivity index (χ4n) is 2.54. The lowest BCUT2D eigenvalue weighted by atomic mass is 10.1. The van der Waals surface area contributed by atoms with Gasteiger partial charge in [-0.1, -0.05) is 12.1 Å². The molecule has 1 heterocycles. The maximum Gasteiger partial charge on any atom is 0.246 e. The minimum atomic E-state index is -3.21. The van der Waals surface area contributed by atoms with Crippen LogP contribution in [0, 0.1) is 0 Å². The van der Waals surface area contributed by atoms with Gasteiger partial charge in [0, 0.05) is 26.5 Å². The third-order valence-electron chi connectivity index (χ3n) is 3.98. The van der Waals surface area contributed by atoms with Crippen molar-refractivity contribution in [1.82, 2.24) is 10.6 Å². The molecule has 0 unspecified atom stereocenters. The molecule has 2 rings (SSSR count). The molecule has 3 N–H and O–H groups in total. The summed E-state index contributed by atoms with van der Waals surface area (Å²) >= 11 is 0. The van der Waals surface area contributed by atoms with Crippen LogP contribution in [0.5, 0.6) is 0 Å². The monoisotopic (exact) mass is 372 g/mol. The molecule has 0 aromatic heterocycles. The van der Waals surface area contributed by atoms with Gasteiger partial charge in [-0.2, -0.15) is 0 Å². The van der Waals surface area contributed by atoms with Crippen molar-refractivity contribution < 1.29 is 27.8 Å². The van der Waals surface area contributed by atoms with Crippen LogP contribution in [0.25, 0.3) is 0 Å². The van der Waals surface area contributed by atoms with Crippen molar-refractivity contribution >= 4 is 15.7 Å². The van der Waals surface area contributed by atoms with Crippen LogP contribution < -0.4 is 10.6 Å². The van der Waals surface area contributed by atoms with Gasteiger partial charge in [0.05, 0.1) is 23.6 Å². The number of ether oxygens (including phenoxy) is 2. The summed E-state index contributed by atoms with van der Waals surface area (Å²) in [7, 11) is -1.77. The Balaban J connectivity index is 1.81. The maximum absolute atomic E-state index is 11.4. The van der Waals surface area contributed by atoms with Gasteiger partial charge in [-0.05, 0) is 17.7 Å². The molecular weight excluding hydrogens is 348 g/mol. The Labute approximate surface area is 147 Å². The summed E-state index contributed by atoms with van der Waals surface area (Å²) in [6.07, 6.45) is -0.0676. The van der Waals surface area contributed by atoms with E-state index >= 15 is 0 Å². The molecule has 1 aromatic rings. The Morgan fingerprint density at radius 1 is 1.36 bits per heavy atom. The predicted octanol–water partition coefficient (Wildman–Crippen LogP) is -0.929.